The molecule has 27 heavy (non-hydrogen) atoms. The summed E-state index contributed by atoms with van der Waals surface area (Å²) in [5.41, 5.74) is 0.614. The Labute approximate surface area is 165 Å². The molecule has 3 rings (SSSR count). The van der Waals surface area contributed by atoms with Crippen LogP contribution in [-0.4, -0.2) is 35.4 Å². The van der Waals surface area contributed by atoms with Gasteiger partial charge >= 0.3 is 0 Å². The Kier molecular flexibility index (Phi) is 6.91. The maximum Gasteiger partial charge on any atom is 0.225 e. The molecule has 150 valence electrons. The topological polar surface area (TPSA) is 45.2 Å². The number of hydrogen-bond donors (Lipinski definition) is 1. The molecule has 1 saturated carbocycles. The predicted octanol–water partition coefficient (Wildman–Crippen LogP) is 4.58. The van der Waals surface area contributed by atoms with E-state index in [2.05, 4.69) is 21.3 Å². The minimum absolute atomic E-state index is 0.00656. The Morgan fingerprint density at radius 1 is 1.19 bits per heavy atom. The third-order valence-electron chi connectivity index (χ3n) is 6.23. The molecule has 2 aliphatic rings. The second kappa shape index (κ2) is 9.18. The summed E-state index contributed by atoms with van der Waals surface area (Å²) in [6.07, 6.45) is 11.2. The van der Waals surface area contributed by atoms with Crippen molar-refractivity contribution >= 4 is 5.91 Å². The van der Waals surface area contributed by atoms with E-state index < -0.39 is 0 Å². The summed E-state index contributed by atoms with van der Waals surface area (Å²) in [6.45, 7) is 9.45. The molecule has 1 N–H and O–H groups in total. The summed E-state index contributed by atoms with van der Waals surface area (Å²) >= 11 is 0. The molecular formula is C23H37N3O. The van der Waals surface area contributed by atoms with Crippen LogP contribution in [0.2, 0.25) is 0 Å². The Bertz CT molecular complexity index is 589. The molecule has 1 aliphatic carbocycles. The van der Waals surface area contributed by atoms with E-state index in [1.54, 1.807) is 0 Å². The first-order valence-electron chi connectivity index (χ1n) is 10.9. The van der Waals surface area contributed by atoms with Crippen LogP contribution in [0.25, 0.3) is 0 Å². The number of rotatable bonds is 5. The third kappa shape index (κ3) is 5.78. The van der Waals surface area contributed by atoms with Crippen molar-refractivity contribution in [3.8, 4) is 0 Å². The number of amides is 1. The Morgan fingerprint density at radius 3 is 2.63 bits per heavy atom. The number of likely N-dealkylation sites (tertiary alicyclic amines) is 1. The summed E-state index contributed by atoms with van der Waals surface area (Å²) in [5.74, 6) is 1.42. The highest BCUT2D eigenvalue weighted by atomic mass is 16.2. The average molecular weight is 372 g/mol. The molecule has 1 aromatic heterocycles. The van der Waals surface area contributed by atoms with E-state index in [9.17, 15) is 4.79 Å². The lowest BCUT2D eigenvalue weighted by molar-refractivity contribution is -0.130. The van der Waals surface area contributed by atoms with Gasteiger partial charge in [0.05, 0.1) is 11.7 Å². The van der Waals surface area contributed by atoms with Gasteiger partial charge in [0.25, 0.3) is 0 Å². The minimum atomic E-state index is -0.385. The number of carbonyl (C=O) groups excluding carboxylic acids is 1. The van der Waals surface area contributed by atoms with Crippen LogP contribution in [0.15, 0.2) is 24.4 Å². The van der Waals surface area contributed by atoms with Gasteiger partial charge in [0.15, 0.2) is 0 Å². The number of nitrogens with one attached hydrogen (secondary N) is 1. The van der Waals surface area contributed by atoms with Gasteiger partial charge in [-0.3, -0.25) is 9.78 Å². The van der Waals surface area contributed by atoms with E-state index in [1.807, 2.05) is 39.1 Å². The second-order valence-electron chi connectivity index (χ2n) is 9.62. The fourth-order valence-electron chi connectivity index (χ4n) is 4.62. The van der Waals surface area contributed by atoms with Crippen molar-refractivity contribution < 1.29 is 4.79 Å². The first-order valence-corrected chi connectivity index (χ1v) is 10.9. The first-order chi connectivity index (χ1) is 12.9. The van der Waals surface area contributed by atoms with Crippen molar-refractivity contribution in [2.45, 2.75) is 71.8 Å². The summed E-state index contributed by atoms with van der Waals surface area (Å²) in [4.78, 5) is 20.0. The van der Waals surface area contributed by atoms with Crippen LogP contribution >= 0.6 is 0 Å². The molecule has 2 atom stereocenters. The van der Waals surface area contributed by atoms with E-state index in [1.165, 1.54) is 51.6 Å². The van der Waals surface area contributed by atoms with E-state index >= 15 is 0 Å². The van der Waals surface area contributed by atoms with Crippen molar-refractivity contribution in [3.05, 3.63) is 30.1 Å². The van der Waals surface area contributed by atoms with E-state index in [-0.39, 0.29) is 17.4 Å². The fraction of sp³-hybridized carbons (Fsp3) is 0.739. The molecule has 0 aromatic carbocycles. The molecule has 4 nitrogen and oxygen atoms in total. The van der Waals surface area contributed by atoms with Gasteiger partial charge in [-0.2, -0.15) is 0 Å². The standard InChI is InChI=1S/C23H37N3O/c1-23(2,3)22(27)25-21(20-13-7-8-14-24-20)19-12-9-15-26(17-19)16-18-10-5-4-6-11-18/h7-8,13-14,18-19,21H,4-6,9-12,15-17H2,1-3H3,(H,25,27)/t19-,21-/m0/s1. The van der Waals surface area contributed by atoms with Crippen LogP contribution in [0.1, 0.15) is 77.5 Å². The van der Waals surface area contributed by atoms with Gasteiger partial charge in [0, 0.05) is 24.7 Å². The van der Waals surface area contributed by atoms with Crippen LogP contribution in [0.5, 0.6) is 0 Å². The number of aromatic nitrogens is 1. The molecular weight excluding hydrogens is 334 g/mol. The first kappa shape index (κ1) is 20.3. The Balaban J connectivity index is 1.69. The average Bonchev–Trinajstić information content (AvgIpc) is 2.67. The lowest BCUT2D eigenvalue weighted by Crippen LogP contribution is -2.46. The molecule has 4 heteroatoms. The maximum absolute atomic E-state index is 12.7. The third-order valence-corrected chi connectivity index (χ3v) is 6.23. The highest BCUT2D eigenvalue weighted by molar-refractivity contribution is 5.81. The van der Waals surface area contributed by atoms with E-state index in [4.69, 9.17) is 0 Å². The number of carbonyl (C=O) groups is 1. The highest BCUT2D eigenvalue weighted by Crippen LogP contribution is 2.32. The molecule has 0 unspecified atom stereocenters. The van der Waals surface area contributed by atoms with Crippen LogP contribution in [0, 0.1) is 17.3 Å². The molecule has 1 aliphatic heterocycles. The smallest absolute Gasteiger partial charge is 0.225 e. The number of piperidine rings is 1. The van der Waals surface area contributed by atoms with Crippen molar-refractivity contribution in [2.24, 2.45) is 17.3 Å². The monoisotopic (exact) mass is 371 g/mol. The zero-order chi connectivity index (χ0) is 19.3. The SMILES string of the molecule is CC(C)(C)C(=O)N[C@H](c1ccccn1)[C@H]1CCCN(CC2CCCCC2)C1. The van der Waals surface area contributed by atoms with Gasteiger partial charge in [0.1, 0.15) is 0 Å². The van der Waals surface area contributed by atoms with Gasteiger partial charge in [-0.1, -0.05) is 46.1 Å². The molecule has 2 fully saturated rings. The number of pyridine rings is 1. The molecule has 0 radical (unpaired) electrons. The van der Waals surface area contributed by atoms with Crippen LogP contribution in [0.4, 0.5) is 0 Å². The molecule has 2 heterocycles. The molecule has 1 aromatic rings. The molecule has 0 spiro atoms. The summed E-state index contributed by atoms with van der Waals surface area (Å²) in [7, 11) is 0. The van der Waals surface area contributed by atoms with Gasteiger partial charge in [-0.15, -0.1) is 0 Å². The second-order valence-corrected chi connectivity index (χ2v) is 9.62. The Hall–Kier alpha value is -1.42. The summed E-state index contributed by atoms with van der Waals surface area (Å²) < 4.78 is 0. The number of hydrogen-bond acceptors (Lipinski definition) is 3. The van der Waals surface area contributed by atoms with Crippen molar-refractivity contribution in [2.75, 3.05) is 19.6 Å². The minimum Gasteiger partial charge on any atom is -0.347 e. The maximum atomic E-state index is 12.7. The molecule has 0 bridgehead atoms. The largest absolute Gasteiger partial charge is 0.347 e. The van der Waals surface area contributed by atoms with Gasteiger partial charge < -0.3 is 10.2 Å². The van der Waals surface area contributed by atoms with E-state index in [0.717, 1.165) is 24.6 Å². The molecule has 1 saturated heterocycles. The predicted molar refractivity (Wildman–Crippen MR) is 110 cm³/mol. The highest BCUT2D eigenvalue weighted by Gasteiger charge is 2.33. The van der Waals surface area contributed by atoms with Crippen LogP contribution in [0.3, 0.4) is 0 Å². The summed E-state index contributed by atoms with van der Waals surface area (Å²) in [5, 5.41) is 3.34. The lowest BCUT2D eigenvalue weighted by Gasteiger charge is -2.39. The quantitative estimate of drug-likeness (QED) is 0.824. The normalized spacial score (nSPS) is 23.7. The van der Waals surface area contributed by atoms with Crippen molar-refractivity contribution in [1.82, 2.24) is 15.2 Å². The fourth-order valence-corrected chi connectivity index (χ4v) is 4.62. The number of nitrogens with zero attached hydrogens (tertiary/aromatic N) is 2. The van der Waals surface area contributed by atoms with Crippen LogP contribution in [-0.2, 0) is 4.79 Å². The molecule has 1 amide bonds. The van der Waals surface area contributed by atoms with E-state index in [0.29, 0.717) is 5.92 Å². The summed E-state index contributed by atoms with van der Waals surface area (Å²) in [6, 6.07) is 6.05. The van der Waals surface area contributed by atoms with Gasteiger partial charge in [-0.05, 0) is 56.2 Å². The van der Waals surface area contributed by atoms with Gasteiger partial charge in [0.2, 0.25) is 5.91 Å². The van der Waals surface area contributed by atoms with Crippen molar-refractivity contribution in [1.29, 1.82) is 0 Å². The zero-order valence-corrected chi connectivity index (χ0v) is 17.4. The van der Waals surface area contributed by atoms with Crippen LogP contribution < -0.4 is 5.32 Å². The Morgan fingerprint density at radius 2 is 1.96 bits per heavy atom. The van der Waals surface area contributed by atoms with Crippen molar-refractivity contribution in [3.63, 3.8) is 0 Å². The zero-order valence-electron chi connectivity index (χ0n) is 17.4. The lowest BCUT2D eigenvalue weighted by atomic mass is 9.85. The van der Waals surface area contributed by atoms with Gasteiger partial charge in [-0.25, -0.2) is 0 Å².